The Morgan fingerprint density at radius 3 is 2.71 bits per heavy atom. The number of rotatable bonds is 8. The van der Waals surface area contributed by atoms with E-state index in [1.807, 2.05) is 42.5 Å². The Morgan fingerprint density at radius 1 is 1.14 bits per heavy atom. The number of nitrogens with one attached hydrogen (secondary N) is 1. The summed E-state index contributed by atoms with van der Waals surface area (Å²) in [5.74, 6) is 0.809. The van der Waals surface area contributed by atoms with Crippen LogP contribution in [-0.2, 0) is 0 Å². The molecule has 0 aliphatic carbocycles. The van der Waals surface area contributed by atoms with Crippen molar-refractivity contribution in [2.24, 2.45) is 5.73 Å². The Hall–Kier alpha value is -1.33. The molecule has 1 atom stereocenters. The molecule has 0 amide bonds. The molecule has 0 radical (unpaired) electrons. The lowest BCUT2D eigenvalue weighted by Crippen LogP contribution is -2.32. The van der Waals surface area contributed by atoms with Crippen LogP contribution in [0.2, 0.25) is 0 Å². The highest BCUT2D eigenvalue weighted by atomic mass is 35.5. The summed E-state index contributed by atoms with van der Waals surface area (Å²) < 4.78 is 5.72. The molecule has 2 aromatic rings. The maximum Gasteiger partial charge on any atom is 0.127 e. The summed E-state index contributed by atoms with van der Waals surface area (Å²) in [4.78, 5) is 0. The van der Waals surface area contributed by atoms with Gasteiger partial charge in [0.05, 0.1) is 0 Å². The van der Waals surface area contributed by atoms with Crippen molar-refractivity contribution in [2.75, 3.05) is 26.2 Å². The predicted octanol–water partition coefficient (Wildman–Crippen LogP) is 1.94. The summed E-state index contributed by atoms with van der Waals surface area (Å²) >= 11 is 0. The van der Waals surface area contributed by atoms with Gasteiger partial charge in [0.2, 0.25) is 0 Å². The molecule has 2 aromatic carbocycles. The maximum absolute atomic E-state index is 9.86. The minimum atomic E-state index is -0.522. The van der Waals surface area contributed by atoms with Crippen LogP contribution in [0.5, 0.6) is 5.75 Å². The average Bonchev–Trinajstić information content (AvgIpc) is 2.49. The third-order valence-electron chi connectivity index (χ3n) is 3.12. The first-order valence-electron chi connectivity index (χ1n) is 7.00. The fourth-order valence-corrected chi connectivity index (χ4v) is 2.06. The van der Waals surface area contributed by atoms with Crippen LogP contribution in [0, 0.1) is 0 Å². The van der Waals surface area contributed by atoms with Crippen LogP contribution in [0.1, 0.15) is 6.42 Å². The Labute approximate surface area is 131 Å². The summed E-state index contributed by atoms with van der Waals surface area (Å²) in [6.07, 6.45) is 0.392. The van der Waals surface area contributed by atoms with Crippen molar-refractivity contribution in [2.45, 2.75) is 12.5 Å². The number of hydrogen-bond donors (Lipinski definition) is 3. The van der Waals surface area contributed by atoms with Crippen molar-refractivity contribution in [3.8, 4) is 5.75 Å². The Morgan fingerprint density at radius 2 is 1.90 bits per heavy atom. The summed E-state index contributed by atoms with van der Waals surface area (Å²) in [5, 5.41) is 15.2. The zero-order valence-electron chi connectivity index (χ0n) is 12.0. The molecule has 0 saturated carbocycles. The number of aliphatic hydroxyl groups is 1. The van der Waals surface area contributed by atoms with Crippen LogP contribution in [0.4, 0.5) is 0 Å². The van der Waals surface area contributed by atoms with Gasteiger partial charge in [-0.3, -0.25) is 0 Å². The topological polar surface area (TPSA) is 67.5 Å². The summed E-state index contributed by atoms with van der Waals surface area (Å²) in [5.41, 5.74) is 5.41. The number of hydrogen-bond acceptors (Lipinski definition) is 4. The fourth-order valence-electron chi connectivity index (χ4n) is 2.06. The highest BCUT2D eigenvalue weighted by molar-refractivity contribution is 5.88. The van der Waals surface area contributed by atoms with Crippen LogP contribution in [0.15, 0.2) is 42.5 Å². The van der Waals surface area contributed by atoms with Crippen molar-refractivity contribution in [3.63, 3.8) is 0 Å². The average molecular weight is 311 g/mol. The van der Waals surface area contributed by atoms with Gasteiger partial charge in [-0.25, -0.2) is 0 Å². The molecule has 4 nitrogen and oxygen atoms in total. The van der Waals surface area contributed by atoms with Gasteiger partial charge in [-0.1, -0.05) is 36.4 Å². The van der Waals surface area contributed by atoms with Crippen molar-refractivity contribution >= 4 is 23.2 Å². The first kappa shape index (κ1) is 17.7. The third kappa shape index (κ3) is 5.52. The van der Waals surface area contributed by atoms with Crippen LogP contribution >= 0.6 is 12.4 Å². The van der Waals surface area contributed by atoms with Crippen LogP contribution in [0.3, 0.4) is 0 Å². The Balaban J connectivity index is 0.00000220. The second-order valence-corrected chi connectivity index (χ2v) is 4.79. The maximum atomic E-state index is 9.86. The van der Waals surface area contributed by atoms with E-state index in [0.29, 0.717) is 13.1 Å². The molecule has 0 heterocycles. The molecule has 4 N–H and O–H groups in total. The molecule has 2 rings (SSSR count). The molecule has 0 aliphatic heterocycles. The first-order valence-corrected chi connectivity index (χ1v) is 7.00. The van der Waals surface area contributed by atoms with Crippen LogP contribution in [-0.4, -0.2) is 37.5 Å². The molecule has 0 bridgehead atoms. The Kier molecular flexibility index (Phi) is 8.08. The fraction of sp³-hybridized carbons (Fsp3) is 0.375. The van der Waals surface area contributed by atoms with Gasteiger partial charge in [0.15, 0.2) is 0 Å². The molecule has 1 unspecified atom stereocenters. The SMILES string of the molecule is Cl.NCCCNCC(O)COc1cccc2ccccc12. The number of fused-ring (bicyclic) bond motifs is 1. The smallest absolute Gasteiger partial charge is 0.127 e. The van der Waals surface area contributed by atoms with E-state index in [1.54, 1.807) is 0 Å². The van der Waals surface area contributed by atoms with Gasteiger partial charge >= 0.3 is 0 Å². The van der Waals surface area contributed by atoms with E-state index in [0.717, 1.165) is 29.5 Å². The van der Waals surface area contributed by atoms with E-state index >= 15 is 0 Å². The number of benzene rings is 2. The number of halogens is 1. The van der Waals surface area contributed by atoms with E-state index < -0.39 is 6.10 Å². The van der Waals surface area contributed by atoms with Crippen molar-refractivity contribution in [1.29, 1.82) is 0 Å². The van der Waals surface area contributed by atoms with Crippen LogP contribution in [0.25, 0.3) is 10.8 Å². The van der Waals surface area contributed by atoms with Gasteiger partial charge in [-0.05, 0) is 31.0 Å². The first-order chi connectivity index (χ1) is 9.81. The molecule has 0 aromatic heterocycles. The largest absolute Gasteiger partial charge is 0.490 e. The number of ether oxygens (including phenoxy) is 1. The minimum Gasteiger partial charge on any atom is -0.490 e. The quantitative estimate of drug-likeness (QED) is 0.652. The predicted molar refractivity (Wildman–Crippen MR) is 89.2 cm³/mol. The summed E-state index contributed by atoms with van der Waals surface area (Å²) in [6, 6.07) is 14.0. The van der Waals surface area contributed by atoms with Gasteiger partial charge in [-0.15, -0.1) is 12.4 Å². The third-order valence-corrected chi connectivity index (χ3v) is 3.12. The van der Waals surface area contributed by atoms with Gasteiger partial charge in [0, 0.05) is 11.9 Å². The highest BCUT2D eigenvalue weighted by Crippen LogP contribution is 2.25. The molecule has 116 valence electrons. The lowest BCUT2D eigenvalue weighted by Gasteiger charge is -2.14. The van der Waals surface area contributed by atoms with Crippen LogP contribution < -0.4 is 15.8 Å². The van der Waals surface area contributed by atoms with E-state index in [1.165, 1.54) is 0 Å². The molecule has 0 saturated heterocycles. The van der Waals surface area contributed by atoms with Crippen molar-refractivity contribution in [1.82, 2.24) is 5.32 Å². The van der Waals surface area contributed by atoms with Gasteiger partial charge in [-0.2, -0.15) is 0 Å². The summed E-state index contributed by atoms with van der Waals surface area (Å²) in [7, 11) is 0. The van der Waals surface area contributed by atoms with E-state index in [4.69, 9.17) is 10.5 Å². The van der Waals surface area contributed by atoms with Crippen molar-refractivity contribution in [3.05, 3.63) is 42.5 Å². The zero-order valence-corrected chi connectivity index (χ0v) is 12.8. The number of aliphatic hydroxyl groups excluding tert-OH is 1. The normalized spacial score (nSPS) is 11.9. The summed E-state index contributed by atoms with van der Waals surface area (Å²) in [6.45, 7) is 2.28. The molecule has 0 aliphatic rings. The molecule has 0 spiro atoms. The molecular formula is C16H23ClN2O2. The van der Waals surface area contributed by atoms with E-state index in [9.17, 15) is 5.11 Å². The lowest BCUT2D eigenvalue weighted by molar-refractivity contribution is 0.107. The lowest BCUT2D eigenvalue weighted by atomic mass is 10.1. The second-order valence-electron chi connectivity index (χ2n) is 4.79. The highest BCUT2D eigenvalue weighted by Gasteiger charge is 2.06. The van der Waals surface area contributed by atoms with E-state index in [-0.39, 0.29) is 19.0 Å². The standard InChI is InChI=1S/C16H22N2O2.ClH/c17-9-4-10-18-11-14(19)12-20-16-8-3-6-13-5-1-2-7-15(13)16;/h1-3,5-8,14,18-19H,4,9-12,17H2;1H. The Bertz CT molecular complexity index is 531. The molecule has 5 heteroatoms. The van der Waals surface area contributed by atoms with Crippen molar-refractivity contribution < 1.29 is 9.84 Å². The molecular weight excluding hydrogens is 288 g/mol. The molecule has 0 fully saturated rings. The number of nitrogens with two attached hydrogens (primary N) is 1. The van der Waals surface area contributed by atoms with Gasteiger partial charge in [0.25, 0.3) is 0 Å². The second kappa shape index (κ2) is 9.58. The van der Waals surface area contributed by atoms with Gasteiger partial charge < -0.3 is 20.9 Å². The monoisotopic (exact) mass is 310 g/mol. The van der Waals surface area contributed by atoms with E-state index in [2.05, 4.69) is 5.32 Å². The molecule has 21 heavy (non-hydrogen) atoms. The zero-order chi connectivity index (χ0) is 14.2. The van der Waals surface area contributed by atoms with Gasteiger partial charge in [0.1, 0.15) is 18.5 Å². The minimum absolute atomic E-state index is 0.